The van der Waals surface area contributed by atoms with Gasteiger partial charge in [-0.3, -0.25) is 0 Å². The number of nitrogens with one attached hydrogen (secondary N) is 3. The van der Waals surface area contributed by atoms with E-state index >= 15 is 0 Å². The molecule has 0 aromatic carbocycles. The van der Waals surface area contributed by atoms with Gasteiger partial charge in [0.25, 0.3) is 0 Å². The summed E-state index contributed by atoms with van der Waals surface area (Å²) in [7, 11) is 6.02. The van der Waals surface area contributed by atoms with Gasteiger partial charge in [0.05, 0.1) is 11.9 Å². The van der Waals surface area contributed by atoms with Gasteiger partial charge in [0.1, 0.15) is 19.5 Å². The Labute approximate surface area is 155 Å². The third-order valence-electron chi connectivity index (χ3n) is 4.98. The van der Waals surface area contributed by atoms with E-state index in [0.717, 1.165) is 37.7 Å². The van der Waals surface area contributed by atoms with E-state index in [1.807, 2.05) is 12.3 Å². The van der Waals surface area contributed by atoms with Gasteiger partial charge in [-0.25, -0.2) is 9.97 Å². The first-order chi connectivity index (χ1) is 12.8. The molecule has 2 aromatic rings. The van der Waals surface area contributed by atoms with Crippen LogP contribution in [0, 0.1) is 0 Å². The van der Waals surface area contributed by atoms with Crippen LogP contribution in [0.5, 0.6) is 0 Å². The second kappa shape index (κ2) is 7.91. The predicted molar refractivity (Wildman–Crippen MR) is 106 cm³/mol. The lowest BCUT2D eigenvalue weighted by Gasteiger charge is -2.29. The Kier molecular flexibility index (Phi) is 5.20. The van der Waals surface area contributed by atoms with Crippen molar-refractivity contribution in [3.05, 3.63) is 24.5 Å². The van der Waals surface area contributed by atoms with Gasteiger partial charge in [-0.05, 0) is 30.4 Å². The lowest BCUT2D eigenvalue weighted by Crippen LogP contribution is -2.43. The fraction of sp³-hybridized carbons (Fsp3) is 0.500. The smallest absolute Gasteiger partial charge is 0.230 e. The summed E-state index contributed by atoms with van der Waals surface area (Å²) in [6.45, 7) is 4.03. The average molecular weight is 349 g/mol. The van der Waals surface area contributed by atoms with E-state index in [4.69, 9.17) is 7.85 Å². The fourth-order valence-corrected chi connectivity index (χ4v) is 3.52. The maximum Gasteiger partial charge on any atom is 0.230 e. The maximum atomic E-state index is 6.02. The summed E-state index contributed by atoms with van der Waals surface area (Å²) in [5.41, 5.74) is 1.71. The van der Waals surface area contributed by atoms with E-state index in [1.165, 1.54) is 25.7 Å². The van der Waals surface area contributed by atoms with Crippen molar-refractivity contribution in [2.24, 2.45) is 0 Å². The molecule has 0 bridgehead atoms. The summed E-state index contributed by atoms with van der Waals surface area (Å²) in [4.78, 5) is 15.6. The standard InChI is InChI=1S/C18H24BN7/c19-15-12-22-18(25-17(15)23-13-3-1-2-4-13)24-16-6-5-14(11-21-16)26-9-7-20-8-10-26/h5-6,11-13,20H,1-4,7-10H2,(H2,21,22,23,24,25). The molecule has 1 aliphatic carbocycles. The van der Waals surface area contributed by atoms with Crippen molar-refractivity contribution in [3.8, 4) is 0 Å². The summed E-state index contributed by atoms with van der Waals surface area (Å²) in [5, 5.41) is 9.96. The number of piperazine rings is 1. The third kappa shape index (κ3) is 4.07. The van der Waals surface area contributed by atoms with Gasteiger partial charge in [0.2, 0.25) is 5.95 Å². The minimum absolute atomic E-state index is 0.455. The van der Waals surface area contributed by atoms with E-state index in [0.29, 0.717) is 23.3 Å². The number of hydrogen-bond acceptors (Lipinski definition) is 7. The van der Waals surface area contributed by atoms with Crippen molar-refractivity contribution >= 4 is 36.6 Å². The van der Waals surface area contributed by atoms with Gasteiger partial charge in [0.15, 0.2) is 0 Å². The molecule has 26 heavy (non-hydrogen) atoms. The predicted octanol–water partition coefficient (Wildman–Crippen LogP) is 1.17. The van der Waals surface area contributed by atoms with E-state index in [2.05, 4.69) is 41.9 Å². The van der Waals surface area contributed by atoms with E-state index in [1.54, 1.807) is 6.20 Å². The van der Waals surface area contributed by atoms with Crippen LogP contribution in [0.15, 0.2) is 24.5 Å². The van der Waals surface area contributed by atoms with Crippen molar-refractivity contribution in [3.63, 3.8) is 0 Å². The molecule has 0 unspecified atom stereocenters. The molecule has 0 spiro atoms. The molecule has 1 saturated heterocycles. The molecular weight excluding hydrogens is 325 g/mol. The minimum Gasteiger partial charge on any atom is -0.368 e. The number of hydrogen-bond donors (Lipinski definition) is 3. The molecule has 2 aromatic heterocycles. The topological polar surface area (TPSA) is 78.0 Å². The van der Waals surface area contributed by atoms with Gasteiger partial charge >= 0.3 is 0 Å². The third-order valence-corrected chi connectivity index (χ3v) is 4.98. The molecular formula is C18H24BN7. The summed E-state index contributed by atoms with van der Waals surface area (Å²) < 4.78 is 0. The Hall–Kier alpha value is -2.35. The average Bonchev–Trinajstić information content (AvgIpc) is 3.19. The van der Waals surface area contributed by atoms with Crippen molar-refractivity contribution in [1.29, 1.82) is 0 Å². The number of pyridine rings is 1. The molecule has 0 atom stereocenters. The molecule has 1 saturated carbocycles. The number of nitrogens with zero attached hydrogens (tertiary/aromatic N) is 4. The van der Waals surface area contributed by atoms with Gasteiger partial charge in [-0.15, -0.1) is 0 Å². The second-order valence-electron chi connectivity index (χ2n) is 6.89. The van der Waals surface area contributed by atoms with Crippen LogP contribution in [0.4, 0.5) is 23.3 Å². The molecule has 2 fully saturated rings. The minimum atomic E-state index is 0.455. The first-order valence-electron chi connectivity index (χ1n) is 9.36. The van der Waals surface area contributed by atoms with Crippen LogP contribution >= 0.6 is 0 Å². The van der Waals surface area contributed by atoms with Crippen molar-refractivity contribution in [2.75, 3.05) is 41.7 Å². The quantitative estimate of drug-likeness (QED) is 0.700. The lowest BCUT2D eigenvalue weighted by molar-refractivity contribution is 0.589. The Bertz CT molecular complexity index is 725. The highest BCUT2D eigenvalue weighted by Gasteiger charge is 2.16. The Morgan fingerprint density at radius 1 is 1.08 bits per heavy atom. The Balaban J connectivity index is 1.43. The monoisotopic (exact) mass is 349 g/mol. The first-order valence-corrected chi connectivity index (χ1v) is 9.36. The van der Waals surface area contributed by atoms with Crippen molar-refractivity contribution in [2.45, 2.75) is 31.7 Å². The number of anilines is 4. The highest BCUT2D eigenvalue weighted by molar-refractivity contribution is 6.35. The van der Waals surface area contributed by atoms with Gasteiger partial charge in [0, 0.05) is 38.4 Å². The highest BCUT2D eigenvalue weighted by Crippen LogP contribution is 2.21. The summed E-state index contributed by atoms with van der Waals surface area (Å²) in [5.74, 6) is 1.93. The molecule has 3 heterocycles. The van der Waals surface area contributed by atoms with Crippen LogP contribution in [-0.4, -0.2) is 55.0 Å². The van der Waals surface area contributed by atoms with Crippen LogP contribution in [0.2, 0.25) is 0 Å². The van der Waals surface area contributed by atoms with Crippen LogP contribution < -0.4 is 26.3 Å². The van der Waals surface area contributed by atoms with E-state index < -0.39 is 0 Å². The summed E-state index contributed by atoms with van der Waals surface area (Å²) in [6, 6.07) is 4.49. The van der Waals surface area contributed by atoms with Crippen molar-refractivity contribution in [1.82, 2.24) is 20.3 Å². The van der Waals surface area contributed by atoms with Gasteiger partial charge in [-0.1, -0.05) is 12.8 Å². The molecule has 7 nitrogen and oxygen atoms in total. The largest absolute Gasteiger partial charge is 0.368 e. The first kappa shape index (κ1) is 17.1. The zero-order chi connectivity index (χ0) is 17.8. The molecule has 3 N–H and O–H groups in total. The molecule has 134 valence electrons. The normalized spacial score (nSPS) is 18.1. The second-order valence-corrected chi connectivity index (χ2v) is 6.89. The SMILES string of the molecule is [B]c1cnc(Nc2ccc(N3CCNCC3)cn2)nc1NC1CCCC1. The van der Waals surface area contributed by atoms with E-state index in [-0.39, 0.29) is 0 Å². The van der Waals surface area contributed by atoms with Crippen LogP contribution in [0.3, 0.4) is 0 Å². The zero-order valence-corrected chi connectivity index (χ0v) is 14.9. The van der Waals surface area contributed by atoms with Gasteiger partial charge in [-0.2, -0.15) is 4.98 Å². The summed E-state index contributed by atoms with van der Waals surface area (Å²) >= 11 is 0. The highest BCUT2D eigenvalue weighted by atomic mass is 15.2. The van der Waals surface area contributed by atoms with Crippen molar-refractivity contribution < 1.29 is 0 Å². The molecule has 2 radical (unpaired) electrons. The molecule has 0 amide bonds. The van der Waals surface area contributed by atoms with Crippen LogP contribution in [-0.2, 0) is 0 Å². The molecule has 2 aliphatic rings. The van der Waals surface area contributed by atoms with Crippen LogP contribution in [0.25, 0.3) is 0 Å². The molecule has 1 aliphatic heterocycles. The zero-order valence-electron chi connectivity index (χ0n) is 14.9. The lowest BCUT2D eigenvalue weighted by atomic mass is 9.98. The van der Waals surface area contributed by atoms with Gasteiger partial charge < -0.3 is 20.9 Å². The Morgan fingerprint density at radius 2 is 1.88 bits per heavy atom. The summed E-state index contributed by atoms with van der Waals surface area (Å²) in [6.07, 6.45) is 8.39. The molecule has 8 heteroatoms. The number of aromatic nitrogens is 3. The fourth-order valence-electron chi connectivity index (χ4n) is 3.52. The van der Waals surface area contributed by atoms with E-state index in [9.17, 15) is 0 Å². The number of rotatable bonds is 5. The Morgan fingerprint density at radius 3 is 2.62 bits per heavy atom. The maximum absolute atomic E-state index is 6.02. The molecule has 4 rings (SSSR count). The van der Waals surface area contributed by atoms with Crippen LogP contribution in [0.1, 0.15) is 25.7 Å².